The van der Waals surface area contributed by atoms with Crippen LogP contribution in [0.2, 0.25) is 0 Å². The molecule has 3 rings (SSSR count). The van der Waals surface area contributed by atoms with E-state index >= 15 is 0 Å². The maximum Gasteiger partial charge on any atom is 0.119 e. The highest BCUT2D eigenvalue weighted by atomic mass is 16.5. The zero-order chi connectivity index (χ0) is 13.2. The fourth-order valence-electron chi connectivity index (χ4n) is 2.26. The molecule has 1 aromatic heterocycles. The summed E-state index contributed by atoms with van der Waals surface area (Å²) in [5, 5.41) is 2.08. The van der Waals surface area contributed by atoms with E-state index in [2.05, 4.69) is 11.1 Å². The van der Waals surface area contributed by atoms with E-state index in [4.69, 9.17) is 10.5 Å². The average molecular weight is 250 g/mol. The van der Waals surface area contributed by atoms with E-state index in [0.717, 1.165) is 33.3 Å². The van der Waals surface area contributed by atoms with Gasteiger partial charge in [0.1, 0.15) is 5.75 Å². The summed E-state index contributed by atoms with van der Waals surface area (Å²) in [6, 6.07) is 13.9. The van der Waals surface area contributed by atoms with Crippen LogP contribution in [0.15, 0.2) is 54.9 Å². The SMILES string of the molecule is COc1cccc(-c2ccc(N)c3ccncc23)c1. The lowest BCUT2D eigenvalue weighted by Crippen LogP contribution is -1.90. The van der Waals surface area contributed by atoms with Crippen LogP contribution in [-0.4, -0.2) is 12.1 Å². The smallest absolute Gasteiger partial charge is 0.119 e. The van der Waals surface area contributed by atoms with Crippen LogP contribution >= 0.6 is 0 Å². The summed E-state index contributed by atoms with van der Waals surface area (Å²) in [7, 11) is 1.67. The topological polar surface area (TPSA) is 48.1 Å². The van der Waals surface area contributed by atoms with Crippen LogP contribution in [0.3, 0.4) is 0 Å². The third-order valence-corrected chi connectivity index (χ3v) is 3.23. The Labute approximate surface area is 111 Å². The van der Waals surface area contributed by atoms with Gasteiger partial charge in [-0.1, -0.05) is 18.2 Å². The van der Waals surface area contributed by atoms with Gasteiger partial charge in [0, 0.05) is 28.9 Å². The minimum atomic E-state index is 0.768. The van der Waals surface area contributed by atoms with Crippen molar-refractivity contribution >= 4 is 16.5 Å². The number of nitrogens with zero attached hydrogens (tertiary/aromatic N) is 1. The number of ether oxygens (including phenoxy) is 1. The largest absolute Gasteiger partial charge is 0.497 e. The fraction of sp³-hybridized carbons (Fsp3) is 0.0625. The fourth-order valence-corrected chi connectivity index (χ4v) is 2.26. The Morgan fingerprint density at radius 3 is 2.79 bits per heavy atom. The predicted octanol–water partition coefficient (Wildman–Crippen LogP) is 3.49. The van der Waals surface area contributed by atoms with E-state index in [0.29, 0.717) is 0 Å². The van der Waals surface area contributed by atoms with Crippen molar-refractivity contribution < 1.29 is 4.74 Å². The van der Waals surface area contributed by atoms with Crippen molar-refractivity contribution in [1.82, 2.24) is 4.98 Å². The Morgan fingerprint density at radius 2 is 1.95 bits per heavy atom. The van der Waals surface area contributed by atoms with Crippen molar-refractivity contribution in [2.45, 2.75) is 0 Å². The molecule has 0 amide bonds. The van der Waals surface area contributed by atoms with Crippen LogP contribution in [0.5, 0.6) is 5.75 Å². The van der Waals surface area contributed by atoms with Crippen molar-refractivity contribution in [1.29, 1.82) is 0 Å². The molecule has 0 aliphatic rings. The van der Waals surface area contributed by atoms with Gasteiger partial charge in [0.05, 0.1) is 7.11 Å². The molecule has 0 aliphatic heterocycles. The molecule has 3 nitrogen and oxygen atoms in total. The van der Waals surface area contributed by atoms with Gasteiger partial charge in [0.2, 0.25) is 0 Å². The van der Waals surface area contributed by atoms with Gasteiger partial charge >= 0.3 is 0 Å². The highest BCUT2D eigenvalue weighted by molar-refractivity contribution is 6.02. The van der Waals surface area contributed by atoms with Crippen LogP contribution in [-0.2, 0) is 0 Å². The first-order valence-corrected chi connectivity index (χ1v) is 6.06. The first kappa shape index (κ1) is 11.5. The van der Waals surface area contributed by atoms with Crippen molar-refractivity contribution in [2.75, 3.05) is 12.8 Å². The number of nitrogen functional groups attached to an aromatic ring is 1. The summed E-state index contributed by atoms with van der Waals surface area (Å²) in [5.41, 5.74) is 8.98. The first-order valence-electron chi connectivity index (χ1n) is 6.06. The second-order valence-electron chi connectivity index (χ2n) is 4.36. The van der Waals surface area contributed by atoms with E-state index in [-0.39, 0.29) is 0 Å². The molecule has 2 N–H and O–H groups in total. The zero-order valence-electron chi connectivity index (χ0n) is 10.6. The van der Waals surface area contributed by atoms with E-state index in [1.165, 1.54) is 0 Å². The van der Waals surface area contributed by atoms with E-state index < -0.39 is 0 Å². The maximum absolute atomic E-state index is 6.01. The molecule has 0 fully saturated rings. The molecule has 0 radical (unpaired) electrons. The van der Waals surface area contributed by atoms with Gasteiger partial charge in [-0.05, 0) is 35.4 Å². The number of nitrogens with two attached hydrogens (primary N) is 1. The number of aromatic nitrogens is 1. The monoisotopic (exact) mass is 250 g/mol. The number of anilines is 1. The number of pyridine rings is 1. The molecule has 0 saturated carbocycles. The third-order valence-electron chi connectivity index (χ3n) is 3.23. The summed E-state index contributed by atoms with van der Waals surface area (Å²) in [6.45, 7) is 0. The van der Waals surface area contributed by atoms with E-state index in [9.17, 15) is 0 Å². The summed E-state index contributed by atoms with van der Waals surface area (Å²) < 4.78 is 5.27. The Morgan fingerprint density at radius 1 is 1.05 bits per heavy atom. The molecule has 94 valence electrons. The molecule has 0 unspecified atom stereocenters. The van der Waals surface area contributed by atoms with Crippen molar-refractivity contribution in [3.8, 4) is 16.9 Å². The van der Waals surface area contributed by atoms with Gasteiger partial charge in [0.15, 0.2) is 0 Å². The normalized spacial score (nSPS) is 10.6. The molecular formula is C16H14N2O. The van der Waals surface area contributed by atoms with Crippen LogP contribution < -0.4 is 10.5 Å². The number of rotatable bonds is 2. The number of methoxy groups -OCH3 is 1. The van der Waals surface area contributed by atoms with Crippen LogP contribution in [0.1, 0.15) is 0 Å². The highest BCUT2D eigenvalue weighted by Crippen LogP contribution is 2.32. The summed E-state index contributed by atoms with van der Waals surface area (Å²) >= 11 is 0. The van der Waals surface area contributed by atoms with Crippen LogP contribution in [0.25, 0.3) is 21.9 Å². The van der Waals surface area contributed by atoms with Gasteiger partial charge < -0.3 is 10.5 Å². The van der Waals surface area contributed by atoms with Gasteiger partial charge in [0.25, 0.3) is 0 Å². The van der Waals surface area contributed by atoms with Crippen molar-refractivity contribution in [2.24, 2.45) is 0 Å². The number of fused-ring (bicyclic) bond motifs is 1. The van der Waals surface area contributed by atoms with Gasteiger partial charge in [-0.25, -0.2) is 0 Å². The Hall–Kier alpha value is -2.55. The molecule has 2 aromatic carbocycles. The molecule has 19 heavy (non-hydrogen) atoms. The lowest BCUT2D eigenvalue weighted by atomic mass is 9.98. The summed E-state index contributed by atoms with van der Waals surface area (Å²) in [4.78, 5) is 4.20. The van der Waals surface area contributed by atoms with Gasteiger partial charge in [-0.2, -0.15) is 0 Å². The molecule has 0 saturated heterocycles. The molecular weight excluding hydrogens is 236 g/mol. The maximum atomic E-state index is 6.01. The van der Waals surface area contributed by atoms with E-state index in [1.54, 1.807) is 13.3 Å². The lowest BCUT2D eigenvalue weighted by Gasteiger charge is -2.09. The van der Waals surface area contributed by atoms with Crippen molar-refractivity contribution in [3.63, 3.8) is 0 Å². The van der Waals surface area contributed by atoms with Crippen LogP contribution in [0.4, 0.5) is 5.69 Å². The van der Waals surface area contributed by atoms with Crippen molar-refractivity contribution in [3.05, 3.63) is 54.9 Å². The lowest BCUT2D eigenvalue weighted by molar-refractivity contribution is 0.415. The first-order chi connectivity index (χ1) is 9.29. The third kappa shape index (κ3) is 1.99. The second-order valence-corrected chi connectivity index (χ2v) is 4.36. The minimum absolute atomic E-state index is 0.768. The Bertz CT molecular complexity index is 738. The van der Waals surface area contributed by atoms with Gasteiger partial charge in [-0.15, -0.1) is 0 Å². The predicted molar refractivity (Wildman–Crippen MR) is 78.1 cm³/mol. The van der Waals surface area contributed by atoms with Crippen LogP contribution in [0, 0.1) is 0 Å². The minimum Gasteiger partial charge on any atom is -0.497 e. The highest BCUT2D eigenvalue weighted by Gasteiger charge is 2.07. The Kier molecular flexibility index (Phi) is 2.80. The molecule has 3 heteroatoms. The number of hydrogen-bond acceptors (Lipinski definition) is 3. The van der Waals surface area contributed by atoms with Gasteiger partial charge in [-0.3, -0.25) is 4.98 Å². The summed E-state index contributed by atoms with van der Waals surface area (Å²) in [5.74, 6) is 0.839. The number of benzene rings is 2. The molecule has 1 heterocycles. The second kappa shape index (κ2) is 4.61. The molecule has 0 aliphatic carbocycles. The Balaban J connectivity index is 2.28. The number of hydrogen-bond donors (Lipinski definition) is 1. The molecule has 3 aromatic rings. The van der Waals surface area contributed by atoms with E-state index in [1.807, 2.05) is 42.6 Å². The zero-order valence-corrected chi connectivity index (χ0v) is 10.6. The standard InChI is InChI=1S/C16H14N2O/c1-19-12-4-2-3-11(9-12)13-5-6-16(17)14-7-8-18-10-15(13)14/h2-10H,17H2,1H3. The summed E-state index contributed by atoms with van der Waals surface area (Å²) in [6.07, 6.45) is 3.61. The molecule has 0 spiro atoms. The molecule has 0 bridgehead atoms. The quantitative estimate of drug-likeness (QED) is 0.708. The average Bonchev–Trinajstić information content (AvgIpc) is 2.48. The molecule has 0 atom stereocenters.